The highest BCUT2D eigenvalue weighted by Gasteiger charge is 2.22. The first-order chi connectivity index (χ1) is 9.75. The van der Waals surface area contributed by atoms with Gasteiger partial charge in [0.1, 0.15) is 0 Å². The van der Waals surface area contributed by atoms with E-state index in [9.17, 15) is 4.79 Å². The van der Waals surface area contributed by atoms with Crippen molar-refractivity contribution in [1.29, 1.82) is 0 Å². The molecule has 0 aromatic heterocycles. The maximum atomic E-state index is 12.6. The second kappa shape index (κ2) is 6.92. The fourth-order valence-corrected chi connectivity index (χ4v) is 2.89. The van der Waals surface area contributed by atoms with Crippen LogP contribution in [0.25, 0.3) is 10.8 Å². The normalized spacial score (nSPS) is 15.5. The van der Waals surface area contributed by atoms with Crippen LogP contribution >= 0.6 is 12.4 Å². The first-order valence-corrected chi connectivity index (χ1v) is 7.22. The molecule has 2 aromatic rings. The zero-order valence-corrected chi connectivity index (χ0v) is 13.0. The van der Waals surface area contributed by atoms with Crippen molar-refractivity contribution in [3.8, 4) is 0 Å². The molecule has 0 aliphatic carbocycles. The van der Waals surface area contributed by atoms with E-state index in [1.54, 1.807) is 0 Å². The van der Waals surface area contributed by atoms with E-state index in [1.807, 2.05) is 42.3 Å². The molecule has 1 heterocycles. The van der Waals surface area contributed by atoms with Gasteiger partial charge < -0.3 is 10.2 Å². The van der Waals surface area contributed by atoms with Gasteiger partial charge in [-0.15, -0.1) is 12.4 Å². The SMILES string of the molecule is CN(C(=O)c1ccc2ccccc2c1)C1CCNCC1.Cl. The summed E-state index contributed by atoms with van der Waals surface area (Å²) in [6.07, 6.45) is 2.08. The van der Waals surface area contributed by atoms with E-state index in [1.165, 1.54) is 5.39 Å². The Hall–Kier alpha value is -1.58. The maximum Gasteiger partial charge on any atom is 0.253 e. The minimum absolute atomic E-state index is 0. The van der Waals surface area contributed by atoms with Gasteiger partial charge in [0.05, 0.1) is 0 Å². The van der Waals surface area contributed by atoms with Crippen LogP contribution in [0.3, 0.4) is 0 Å². The Morgan fingerprint density at radius 1 is 1.10 bits per heavy atom. The first-order valence-electron chi connectivity index (χ1n) is 7.22. The number of hydrogen-bond donors (Lipinski definition) is 1. The van der Waals surface area contributed by atoms with E-state index in [0.717, 1.165) is 36.9 Å². The second-order valence-corrected chi connectivity index (χ2v) is 5.46. The molecule has 1 aliphatic rings. The predicted molar refractivity (Wildman–Crippen MR) is 89.2 cm³/mol. The van der Waals surface area contributed by atoms with Crippen molar-refractivity contribution in [3.05, 3.63) is 48.0 Å². The number of nitrogens with one attached hydrogen (secondary N) is 1. The van der Waals surface area contributed by atoms with Crippen LogP contribution in [-0.4, -0.2) is 37.0 Å². The molecule has 4 heteroatoms. The van der Waals surface area contributed by atoms with Gasteiger partial charge >= 0.3 is 0 Å². The first kappa shape index (κ1) is 15.8. The number of piperidine rings is 1. The summed E-state index contributed by atoms with van der Waals surface area (Å²) < 4.78 is 0. The highest BCUT2D eigenvalue weighted by molar-refractivity contribution is 5.98. The van der Waals surface area contributed by atoms with Gasteiger partial charge in [-0.05, 0) is 48.8 Å². The molecule has 3 rings (SSSR count). The van der Waals surface area contributed by atoms with Gasteiger partial charge in [-0.1, -0.05) is 30.3 Å². The summed E-state index contributed by atoms with van der Waals surface area (Å²) in [5, 5.41) is 5.63. The highest BCUT2D eigenvalue weighted by Crippen LogP contribution is 2.19. The van der Waals surface area contributed by atoms with Crippen LogP contribution in [0.5, 0.6) is 0 Å². The monoisotopic (exact) mass is 304 g/mol. The molecule has 1 saturated heterocycles. The standard InChI is InChI=1S/C17H20N2O.ClH/c1-19(16-8-10-18-11-9-16)17(20)15-7-6-13-4-2-3-5-14(13)12-15;/h2-7,12,16,18H,8-11H2,1H3;1H. The van der Waals surface area contributed by atoms with Crippen LogP contribution < -0.4 is 5.32 Å². The third-order valence-electron chi connectivity index (χ3n) is 4.17. The van der Waals surface area contributed by atoms with Gasteiger partial charge in [-0.3, -0.25) is 4.79 Å². The number of carbonyl (C=O) groups is 1. The summed E-state index contributed by atoms with van der Waals surface area (Å²) in [6.45, 7) is 2.00. The quantitative estimate of drug-likeness (QED) is 0.925. The molecule has 1 amide bonds. The lowest BCUT2D eigenvalue weighted by molar-refractivity contribution is 0.0703. The van der Waals surface area contributed by atoms with Crippen molar-refractivity contribution < 1.29 is 4.79 Å². The number of fused-ring (bicyclic) bond motifs is 1. The number of nitrogens with zero attached hydrogens (tertiary/aromatic N) is 1. The molecular weight excluding hydrogens is 284 g/mol. The fourth-order valence-electron chi connectivity index (χ4n) is 2.89. The average Bonchev–Trinajstić information content (AvgIpc) is 2.54. The number of rotatable bonds is 2. The van der Waals surface area contributed by atoms with E-state index < -0.39 is 0 Å². The van der Waals surface area contributed by atoms with Crippen molar-refractivity contribution >= 4 is 29.1 Å². The molecule has 0 saturated carbocycles. The fraction of sp³-hybridized carbons (Fsp3) is 0.353. The van der Waals surface area contributed by atoms with Crippen LogP contribution in [0.4, 0.5) is 0 Å². The Morgan fingerprint density at radius 3 is 2.48 bits per heavy atom. The van der Waals surface area contributed by atoms with E-state index >= 15 is 0 Å². The minimum atomic E-state index is 0. The summed E-state index contributed by atoms with van der Waals surface area (Å²) in [7, 11) is 1.92. The molecule has 2 aromatic carbocycles. The summed E-state index contributed by atoms with van der Waals surface area (Å²) in [5.74, 6) is 0.127. The third kappa shape index (κ3) is 3.36. The van der Waals surface area contributed by atoms with Crippen molar-refractivity contribution in [2.45, 2.75) is 18.9 Å². The Kier molecular flexibility index (Phi) is 5.21. The highest BCUT2D eigenvalue weighted by atomic mass is 35.5. The number of halogens is 1. The molecule has 0 radical (unpaired) electrons. The molecule has 0 atom stereocenters. The van der Waals surface area contributed by atoms with Gasteiger partial charge in [-0.2, -0.15) is 0 Å². The van der Waals surface area contributed by atoms with Gasteiger partial charge in [0.15, 0.2) is 0 Å². The zero-order chi connectivity index (χ0) is 13.9. The molecule has 0 bridgehead atoms. The molecular formula is C17H21ClN2O. The van der Waals surface area contributed by atoms with Crippen LogP contribution in [0.15, 0.2) is 42.5 Å². The molecule has 1 fully saturated rings. The zero-order valence-electron chi connectivity index (χ0n) is 12.2. The van der Waals surface area contributed by atoms with Gasteiger partial charge in [0.25, 0.3) is 5.91 Å². The largest absolute Gasteiger partial charge is 0.339 e. The number of amides is 1. The number of carbonyl (C=O) groups excluding carboxylic acids is 1. The van der Waals surface area contributed by atoms with E-state index in [0.29, 0.717) is 6.04 Å². The maximum absolute atomic E-state index is 12.6. The summed E-state index contributed by atoms with van der Waals surface area (Å²) in [4.78, 5) is 14.5. The Bertz CT molecular complexity index is 623. The minimum Gasteiger partial charge on any atom is -0.339 e. The lowest BCUT2D eigenvalue weighted by atomic mass is 10.0. The molecule has 21 heavy (non-hydrogen) atoms. The van der Waals surface area contributed by atoms with Gasteiger partial charge in [0.2, 0.25) is 0 Å². The second-order valence-electron chi connectivity index (χ2n) is 5.46. The van der Waals surface area contributed by atoms with Crippen LogP contribution in [0.2, 0.25) is 0 Å². The summed E-state index contributed by atoms with van der Waals surface area (Å²) in [6, 6.07) is 14.5. The van der Waals surface area contributed by atoms with E-state index in [2.05, 4.69) is 17.4 Å². The van der Waals surface area contributed by atoms with Gasteiger partial charge in [-0.25, -0.2) is 0 Å². The van der Waals surface area contributed by atoms with Crippen molar-refractivity contribution in [3.63, 3.8) is 0 Å². The van der Waals surface area contributed by atoms with E-state index in [4.69, 9.17) is 0 Å². The topological polar surface area (TPSA) is 32.3 Å². The molecule has 0 spiro atoms. The summed E-state index contributed by atoms with van der Waals surface area (Å²) in [5.41, 5.74) is 0.782. The Morgan fingerprint density at radius 2 is 1.76 bits per heavy atom. The van der Waals surface area contributed by atoms with E-state index in [-0.39, 0.29) is 18.3 Å². The molecule has 3 nitrogen and oxygen atoms in total. The van der Waals surface area contributed by atoms with Crippen molar-refractivity contribution in [2.75, 3.05) is 20.1 Å². The third-order valence-corrected chi connectivity index (χ3v) is 4.17. The van der Waals surface area contributed by atoms with Crippen LogP contribution in [0, 0.1) is 0 Å². The molecule has 0 unspecified atom stereocenters. The average molecular weight is 305 g/mol. The predicted octanol–water partition coefficient (Wildman–Crippen LogP) is 3.09. The smallest absolute Gasteiger partial charge is 0.253 e. The molecule has 112 valence electrons. The Balaban J connectivity index is 0.00000161. The molecule has 1 N–H and O–H groups in total. The van der Waals surface area contributed by atoms with Crippen LogP contribution in [0.1, 0.15) is 23.2 Å². The van der Waals surface area contributed by atoms with Crippen LogP contribution in [-0.2, 0) is 0 Å². The lowest BCUT2D eigenvalue weighted by Gasteiger charge is -2.31. The van der Waals surface area contributed by atoms with Gasteiger partial charge in [0, 0.05) is 18.7 Å². The number of benzene rings is 2. The summed E-state index contributed by atoms with van der Waals surface area (Å²) >= 11 is 0. The van der Waals surface area contributed by atoms with Crippen molar-refractivity contribution in [2.24, 2.45) is 0 Å². The molecule has 1 aliphatic heterocycles. The van der Waals surface area contributed by atoms with Crippen molar-refractivity contribution in [1.82, 2.24) is 10.2 Å². The number of hydrogen-bond acceptors (Lipinski definition) is 2. The lowest BCUT2D eigenvalue weighted by Crippen LogP contribution is -2.43. The Labute approximate surface area is 131 Å².